The van der Waals surface area contributed by atoms with Gasteiger partial charge >= 0.3 is 0 Å². The average Bonchev–Trinajstić information content (AvgIpc) is 2.42. The van der Waals surface area contributed by atoms with E-state index in [-0.39, 0.29) is 0 Å². The molecule has 0 radical (unpaired) electrons. The lowest BCUT2D eigenvalue weighted by Gasteiger charge is -2.37. The maximum absolute atomic E-state index is 5.31. The van der Waals surface area contributed by atoms with Gasteiger partial charge in [0, 0.05) is 25.2 Å². The number of methoxy groups -OCH3 is 1. The highest BCUT2D eigenvalue weighted by Gasteiger charge is 2.22. The van der Waals surface area contributed by atoms with Crippen molar-refractivity contribution in [2.75, 3.05) is 20.2 Å². The van der Waals surface area contributed by atoms with Gasteiger partial charge in [-0.25, -0.2) is 0 Å². The largest absolute Gasteiger partial charge is 0.496 e. The highest BCUT2D eigenvalue weighted by Crippen LogP contribution is 2.23. The predicted molar refractivity (Wildman–Crippen MR) is 80.1 cm³/mol. The van der Waals surface area contributed by atoms with Gasteiger partial charge in [0.05, 0.1) is 7.11 Å². The molecule has 2 heteroatoms. The summed E-state index contributed by atoms with van der Waals surface area (Å²) in [5.41, 5.74) is 1.29. The Morgan fingerprint density at radius 3 is 2.17 bits per heavy atom. The van der Waals surface area contributed by atoms with E-state index in [4.69, 9.17) is 4.74 Å². The second kappa shape index (κ2) is 9.95. The molecule has 0 amide bonds. The Bertz CT molecular complexity index is 306. The summed E-state index contributed by atoms with van der Waals surface area (Å²) in [4.78, 5) is 2.45. The van der Waals surface area contributed by atoms with Gasteiger partial charge in [-0.2, -0.15) is 0 Å². The molecule has 0 bridgehead atoms. The van der Waals surface area contributed by atoms with Crippen molar-refractivity contribution in [3.63, 3.8) is 0 Å². The number of para-hydroxylation sites is 1. The Morgan fingerprint density at radius 1 is 1.11 bits per heavy atom. The minimum absolute atomic E-state index is 0.865. The van der Waals surface area contributed by atoms with Crippen molar-refractivity contribution in [2.24, 2.45) is 5.92 Å². The predicted octanol–water partition coefficient (Wildman–Crippen LogP) is 4.20. The molecule has 2 nitrogen and oxygen atoms in total. The second-order valence-corrected chi connectivity index (χ2v) is 4.11. The van der Waals surface area contributed by atoms with Crippen molar-refractivity contribution in [3.8, 4) is 5.75 Å². The van der Waals surface area contributed by atoms with E-state index < -0.39 is 0 Å². The van der Waals surface area contributed by atoms with Crippen LogP contribution in [0.3, 0.4) is 0 Å². The zero-order valence-corrected chi connectivity index (χ0v) is 12.9. The maximum Gasteiger partial charge on any atom is 0.123 e. The number of likely N-dealkylation sites (tertiary alicyclic amines) is 1. The minimum Gasteiger partial charge on any atom is -0.496 e. The van der Waals surface area contributed by atoms with Crippen LogP contribution < -0.4 is 4.74 Å². The molecule has 0 spiro atoms. The van der Waals surface area contributed by atoms with E-state index in [9.17, 15) is 0 Å². The molecule has 0 aromatic heterocycles. The molecule has 104 valence electrons. The van der Waals surface area contributed by atoms with Crippen LogP contribution in [0.1, 0.15) is 40.2 Å². The van der Waals surface area contributed by atoms with Gasteiger partial charge in [-0.15, -0.1) is 0 Å². The number of rotatable bonds is 3. The molecule has 1 fully saturated rings. The maximum atomic E-state index is 5.31. The molecular weight excluding hydrogens is 222 g/mol. The lowest BCUT2D eigenvalue weighted by atomic mass is 10.0. The smallest absolute Gasteiger partial charge is 0.123 e. The van der Waals surface area contributed by atoms with Crippen LogP contribution in [0.5, 0.6) is 5.75 Å². The number of hydrogen-bond acceptors (Lipinski definition) is 2. The van der Waals surface area contributed by atoms with Crippen LogP contribution in [0.25, 0.3) is 0 Å². The summed E-state index contributed by atoms with van der Waals surface area (Å²) >= 11 is 0. The first kappa shape index (κ1) is 17.0. The van der Waals surface area contributed by atoms with Gasteiger partial charge < -0.3 is 4.74 Å². The first-order valence-electron chi connectivity index (χ1n) is 7.14. The Labute approximate surface area is 113 Å². The number of nitrogens with zero attached hydrogens (tertiary/aromatic N) is 1. The van der Waals surface area contributed by atoms with Crippen LogP contribution in [-0.4, -0.2) is 25.1 Å². The zero-order valence-electron chi connectivity index (χ0n) is 12.9. The van der Waals surface area contributed by atoms with Gasteiger partial charge in [-0.1, -0.05) is 52.8 Å². The Kier molecular flexibility index (Phi) is 9.39. The summed E-state index contributed by atoms with van der Waals surface area (Å²) in [5.74, 6) is 1.87. The molecular formula is C16H29NO. The van der Waals surface area contributed by atoms with Gasteiger partial charge in [0.15, 0.2) is 0 Å². The van der Waals surface area contributed by atoms with E-state index in [1.165, 1.54) is 18.7 Å². The molecule has 0 saturated carbocycles. The van der Waals surface area contributed by atoms with E-state index >= 15 is 0 Å². The van der Waals surface area contributed by atoms with Crippen molar-refractivity contribution < 1.29 is 4.74 Å². The van der Waals surface area contributed by atoms with Crippen LogP contribution in [-0.2, 0) is 6.54 Å². The van der Waals surface area contributed by atoms with Gasteiger partial charge in [-0.05, 0) is 12.0 Å². The summed E-state index contributed by atoms with van der Waals surface area (Å²) < 4.78 is 5.31. The molecule has 2 rings (SSSR count). The highest BCUT2D eigenvalue weighted by molar-refractivity contribution is 5.33. The Morgan fingerprint density at radius 2 is 1.67 bits per heavy atom. The van der Waals surface area contributed by atoms with Crippen LogP contribution in [0.15, 0.2) is 24.3 Å². The summed E-state index contributed by atoms with van der Waals surface area (Å²) in [6, 6.07) is 8.25. The Hall–Kier alpha value is -1.02. The molecule has 1 aromatic rings. The van der Waals surface area contributed by atoms with Crippen molar-refractivity contribution in [1.82, 2.24) is 4.90 Å². The molecule has 1 aromatic carbocycles. The van der Waals surface area contributed by atoms with Crippen LogP contribution >= 0.6 is 0 Å². The number of benzene rings is 1. The van der Waals surface area contributed by atoms with E-state index in [0.29, 0.717) is 0 Å². The summed E-state index contributed by atoms with van der Waals surface area (Å²) in [6.07, 6.45) is 0. The molecule has 0 atom stereocenters. The van der Waals surface area contributed by atoms with Crippen LogP contribution in [0.2, 0.25) is 0 Å². The molecule has 18 heavy (non-hydrogen) atoms. The second-order valence-electron chi connectivity index (χ2n) is 4.11. The monoisotopic (exact) mass is 251 g/mol. The summed E-state index contributed by atoms with van der Waals surface area (Å²) in [5, 5.41) is 0. The zero-order chi connectivity index (χ0) is 14.0. The Balaban J connectivity index is 0.000000659. The van der Waals surface area contributed by atoms with Gasteiger partial charge in [0.2, 0.25) is 0 Å². The number of ether oxygens (including phenoxy) is 1. The van der Waals surface area contributed by atoms with Crippen molar-refractivity contribution in [1.29, 1.82) is 0 Å². The van der Waals surface area contributed by atoms with E-state index in [2.05, 4.69) is 24.0 Å². The van der Waals surface area contributed by atoms with Gasteiger partial charge in [0.25, 0.3) is 0 Å². The fourth-order valence-electron chi connectivity index (χ4n) is 2.03. The first-order valence-corrected chi connectivity index (χ1v) is 7.14. The van der Waals surface area contributed by atoms with Crippen molar-refractivity contribution in [3.05, 3.63) is 29.8 Å². The molecule has 0 N–H and O–H groups in total. The van der Waals surface area contributed by atoms with Gasteiger partial charge in [0.1, 0.15) is 5.75 Å². The fourth-order valence-corrected chi connectivity index (χ4v) is 2.03. The van der Waals surface area contributed by atoms with Crippen molar-refractivity contribution in [2.45, 2.75) is 41.2 Å². The topological polar surface area (TPSA) is 12.5 Å². The number of hydrogen-bond donors (Lipinski definition) is 0. The third kappa shape index (κ3) is 5.09. The molecule has 0 unspecified atom stereocenters. The van der Waals surface area contributed by atoms with E-state index in [0.717, 1.165) is 18.2 Å². The molecule has 1 aliphatic heterocycles. The third-order valence-electron chi connectivity index (χ3n) is 2.73. The quantitative estimate of drug-likeness (QED) is 0.798. The molecule has 1 aliphatic rings. The normalized spacial score (nSPS) is 14.6. The van der Waals surface area contributed by atoms with Crippen molar-refractivity contribution >= 4 is 0 Å². The average molecular weight is 251 g/mol. The first-order chi connectivity index (χ1) is 8.79. The standard InChI is InChI=1S/C12H17NO.2C2H6/c1-10-7-13(8-10)9-11-5-3-4-6-12(11)14-2;2*1-2/h3-6,10H,7-9H2,1-2H3;2*1-2H3. The minimum atomic E-state index is 0.865. The highest BCUT2D eigenvalue weighted by atomic mass is 16.5. The van der Waals surface area contributed by atoms with Gasteiger partial charge in [-0.3, -0.25) is 4.90 Å². The molecule has 0 aliphatic carbocycles. The summed E-state index contributed by atoms with van der Waals surface area (Å²) in [6.45, 7) is 13.8. The van der Waals surface area contributed by atoms with E-state index in [1.807, 2.05) is 39.8 Å². The lowest BCUT2D eigenvalue weighted by Crippen LogP contribution is -2.44. The van der Waals surface area contributed by atoms with E-state index in [1.54, 1.807) is 7.11 Å². The lowest BCUT2D eigenvalue weighted by molar-refractivity contribution is 0.104. The van der Waals surface area contributed by atoms with Crippen LogP contribution in [0, 0.1) is 5.92 Å². The third-order valence-corrected chi connectivity index (χ3v) is 2.73. The molecule has 1 saturated heterocycles. The summed E-state index contributed by atoms with van der Waals surface area (Å²) in [7, 11) is 1.73. The molecule has 1 heterocycles. The van der Waals surface area contributed by atoms with Crippen LogP contribution in [0.4, 0.5) is 0 Å². The SMILES string of the molecule is CC.CC.COc1ccccc1CN1CC(C)C1. The fraction of sp³-hybridized carbons (Fsp3) is 0.625.